The van der Waals surface area contributed by atoms with Crippen LogP contribution in [0.1, 0.15) is 36.5 Å². The molecule has 1 aromatic rings. The van der Waals surface area contributed by atoms with Gasteiger partial charge in [0, 0.05) is 4.90 Å². The normalized spacial score (nSPS) is 27.6. The van der Waals surface area contributed by atoms with E-state index in [2.05, 4.69) is 5.32 Å². The van der Waals surface area contributed by atoms with E-state index in [-0.39, 0.29) is 24.2 Å². The summed E-state index contributed by atoms with van der Waals surface area (Å²) >= 11 is 1.19. The van der Waals surface area contributed by atoms with Crippen LogP contribution in [-0.2, 0) is 9.53 Å². The summed E-state index contributed by atoms with van der Waals surface area (Å²) in [5, 5.41) is 11.5. The third kappa shape index (κ3) is 3.13. The average Bonchev–Trinajstić information content (AvgIpc) is 3.10. The number of hydrogen-bond donors (Lipinski definition) is 2. The van der Waals surface area contributed by atoms with E-state index in [1.807, 2.05) is 6.07 Å². The molecule has 2 fully saturated rings. The fourth-order valence-corrected chi connectivity index (χ4v) is 3.96. The zero-order valence-electron chi connectivity index (χ0n) is 12.3. The van der Waals surface area contributed by atoms with Crippen LogP contribution in [0.25, 0.3) is 0 Å². The second kappa shape index (κ2) is 6.30. The summed E-state index contributed by atoms with van der Waals surface area (Å²) in [7, 11) is 0. The van der Waals surface area contributed by atoms with Crippen LogP contribution in [0.4, 0.5) is 0 Å². The van der Waals surface area contributed by atoms with Gasteiger partial charge in [0.05, 0.1) is 23.8 Å². The van der Waals surface area contributed by atoms with Gasteiger partial charge in [-0.15, -0.1) is 11.8 Å². The van der Waals surface area contributed by atoms with Crippen molar-refractivity contribution in [1.82, 2.24) is 5.32 Å². The van der Waals surface area contributed by atoms with Crippen molar-refractivity contribution in [1.29, 1.82) is 0 Å². The predicted molar refractivity (Wildman–Crippen MR) is 83.2 cm³/mol. The molecule has 0 aromatic heterocycles. The number of ether oxygens (including phenoxy) is 1. The summed E-state index contributed by atoms with van der Waals surface area (Å²) in [4.78, 5) is 24.2. The standard InChI is InChI=1S/C16H19NO4S/c1-9(16(19)20)22-14-5-3-2-4-11(14)15(18)17-12-8-10-6-7-13(12)21-10/h2-5,9-10,12-13H,6-8H2,1H3,(H,17,18)(H,19,20). The quantitative estimate of drug-likeness (QED) is 0.814. The van der Waals surface area contributed by atoms with Crippen LogP contribution < -0.4 is 5.32 Å². The summed E-state index contributed by atoms with van der Waals surface area (Å²) in [6.45, 7) is 1.62. The molecule has 118 valence electrons. The summed E-state index contributed by atoms with van der Waals surface area (Å²) < 4.78 is 5.75. The van der Waals surface area contributed by atoms with E-state index in [0.717, 1.165) is 19.3 Å². The number of nitrogens with one attached hydrogen (secondary N) is 1. The molecule has 0 radical (unpaired) electrons. The maximum Gasteiger partial charge on any atom is 0.316 e. The van der Waals surface area contributed by atoms with Gasteiger partial charge in [-0.25, -0.2) is 0 Å². The van der Waals surface area contributed by atoms with Crippen LogP contribution in [0, 0.1) is 0 Å². The van der Waals surface area contributed by atoms with Crippen molar-refractivity contribution in [2.45, 2.75) is 54.6 Å². The van der Waals surface area contributed by atoms with Gasteiger partial charge in [-0.2, -0.15) is 0 Å². The van der Waals surface area contributed by atoms with Gasteiger partial charge in [0.2, 0.25) is 0 Å². The summed E-state index contributed by atoms with van der Waals surface area (Å²) in [6.07, 6.45) is 3.37. The Morgan fingerprint density at radius 3 is 2.77 bits per heavy atom. The Labute approximate surface area is 133 Å². The first-order valence-corrected chi connectivity index (χ1v) is 8.37. The third-order valence-corrected chi connectivity index (χ3v) is 5.37. The topological polar surface area (TPSA) is 75.6 Å². The molecule has 22 heavy (non-hydrogen) atoms. The number of hydrogen-bond acceptors (Lipinski definition) is 4. The molecule has 6 heteroatoms. The van der Waals surface area contributed by atoms with E-state index < -0.39 is 11.2 Å². The smallest absolute Gasteiger partial charge is 0.316 e. The molecule has 0 spiro atoms. The van der Waals surface area contributed by atoms with Crippen LogP contribution in [0.5, 0.6) is 0 Å². The minimum absolute atomic E-state index is 0.0706. The first-order valence-electron chi connectivity index (χ1n) is 7.49. The molecule has 1 aromatic carbocycles. The third-order valence-electron chi connectivity index (χ3n) is 4.21. The summed E-state index contributed by atoms with van der Waals surface area (Å²) in [5.41, 5.74) is 0.531. The Morgan fingerprint density at radius 1 is 1.36 bits per heavy atom. The molecular formula is C16H19NO4S. The molecule has 2 bridgehead atoms. The second-order valence-electron chi connectivity index (χ2n) is 5.78. The van der Waals surface area contributed by atoms with Crippen molar-refractivity contribution in [2.75, 3.05) is 0 Å². The molecule has 2 saturated heterocycles. The molecule has 2 heterocycles. The number of rotatable bonds is 5. The van der Waals surface area contributed by atoms with Gasteiger partial charge in [0.1, 0.15) is 5.25 Å². The molecule has 4 atom stereocenters. The number of carboxylic acid groups (broad SMARTS) is 1. The SMILES string of the molecule is CC(Sc1ccccc1C(=O)NC1CC2CCC1O2)C(=O)O. The zero-order chi connectivity index (χ0) is 15.7. The van der Waals surface area contributed by atoms with E-state index >= 15 is 0 Å². The Bertz CT molecular complexity index is 591. The first-order chi connectivity index (χ1) is 10.5. The molecule has 0 aliphatic carbocycles. The van der Waals surface area contributed by atoms with Crippen molar-refractivity contribution in [3.63, 3.8) is 0 Å². The highest BCUT2D eigenvalue weighted by molar-refractivity contribution is 8.00. The number of thioether (sulfide) groups is 1. The lowest BCUT2D eigenvalue weighted by Crippen LogP contribution is -2.41. The number of carboxylic acids is 1. The highest BCUT2D eigenvalue weighted by atomic mass is 32.2. The highest BCUT2D eigenvalue weighted by Gasteiger charge is 2.41. The Hall–Kier alpha value is -1.53. The zero-order valence-corrected chi connectivity index (χ0v) is 13.1. The molecular weight excluding hydrogens is 302 g/mol. The maximum atomic E-state index is 12.5. The van der Waals surface area contributed by atoms with Gasteiger partial charge in [-0.1, -0.05) is 12.1 Å². The van der Waals surface area contributed by atoms with E-state index in [1.165, 1.54) is 11.8 Å². The summed E-state index contributed by atoms with van der Waals surface area (Å²) in [6, 6.07) is 7.20. The minimum Gasteiger partial charge on any atom is -0.480 e. The molecule has 2 N–H and O–H groups in total. The minimum atomic E-state index is -0.887. The monoisotopic (exact) mass is 321 g/mol. The van der Waals surface area contributed by atoms with Crippen molar-refractivity contribution in [3.05, 3.63) is 29.8 Å². The van der Waals surface area contributed by atoms with Crippen molar-refractivity contribution in [3.8, 4) is 0 Å². The number of fused-ring (bicyclic) bond motifs is 2. The lowest BCUT2D eigenvalue weighted by molar-refractivity contribution is -0.136. The van der Waals surface area contributed by atoms with E-state index in [4.69, 9.17) is 9.84 Å². The van der Waals surface area contributed by atoms with Crippen molar-refractivity contribution >= 4 is 23.6 Å². The van der Waals surface area contributed by atoms with Gasteiger partial charge in [0.25, 0.3) is 5.91 Å². The Kier molecular flexibility index (Phi) is 4.40. The largest absolute Gasteiger partial charge is 0.480 e. The number of aliphatic carboxylic acids is 1. The fraction of sp³-hybridized carbons (Fsp3) is 0.500. The fourth-order valence-electron chi connectivity index (χ4n) is 3.03. The molecule has 5 nitrogen and oxygen atoms in total. The number of benzene rings is 1. The van der Waals surface area contributed by atoms with Gasteiger partial charge >= 0.3 is 5.97 Å². The first kappa shape index (κ1) is 15.4. The average molecular weight is 321 g/mol. The van der Waals surface area contributed by atoms with Crippen LogP contribution in [0.15, 0.2) is 29.2 Å². The summed E-state index contributed by atoms with van der Waals surface area (Å²) in [5.74, 6) is -1.04. The highest BCUT2D eigenvalue weighted by Crippen LogP contribution is 2.35. The van der Waals surface area contributed by atoms with Gasteiger partial charge < -0.3 is 15.2 Å². The number of carbonyl (C=O) groups excluding carboxylic acids is 1. The number of amides is 1. The molecule has 3 rings (SSSR count). The lowest BCUT2D eigenvalue weighted by atomic mass is 9.95. The maximum absolute atomic E-state index is 12.5. The van der Waals surface area contributed by atoms with Gasteiger partial charge in [0.15, 0.2) is 0 Å². The van der Waals surface area contributed by atoms with Gasteiger partial charge in [-0.05, 0) is 38.3 Å². The lowest BCUT2D eigenvalue weighted by Gasteiger charge is -2.21. The number of carbonyl (C=O) groups is 2. The Morgan fingerprint density at radius 2 is 2.14 bits per heavy atom. The van der Waals surface area contributed by atoms with Gasteiger partial charge in [-0.3, -0.25) is 9.59 Å². The van der Waals surface area contributed by atoms with E-state index in [9.17, 15) is 9.59 Å². The molecule has 2 aliphatic rings. The Balaban J connectivity index is 1.71. The van der Waals surface area contributed by atoms with Crippen molar-refractivity contribution < 1.29 is 19.4 Å². The van der Waals surface area contributed by atoms with E-state index in [1.54, 1.807) is 25.1 Å². The van der Waals surface area contributed by atoms with Crippen LogP contribution >= 0.6 is 11.8 Å². The molecule has 2 aliphatic heterocycles. The van der Waals surface area contributed by atoms with Crippen molar-refractivity contribution in [2.24, 2.45) is 0 Å². The molecule has 0 saturated carbocycles. The van der Waals surface area contributed by atoms with E-state index in [0.29, 0.717) is 10.5 Å². The van der Waals surface area contributed by atoms with Crippen LogP contribution in [0.3, 0.4) is 0 Å². The molecule has 4 unspecified atom stereocenters. The molecule has 1 amide bonds. The van der Waals surface area contributed by atoms with Crippen LogP contribution in [-0.4, -0.2) is 40.5 Å². The van der Waals surface area contributed by atoms with Crippen LogP contribution in [0.2, 0.25) is 0 Å². The second-order valence-corrected chi connectivity index (χ2v) is 7.17. The predicted octanol–water partition coefficient (Wildman–Crippen LogP) is 2.30.